The molecule has 2 atom stereocenters. The van der Waals surface area contributed by atoms with E-state index in [4.69, 9.17) is 19.3 Å². The third kappa shape index (κ3) is 7.14. The molecule has 0 spiro atoms. The molecule has 4 heterocycles. The first-order valence-corrected chi connectivity index (χ1v) is 13.6. The number of piperidine rings is 1. The van der Waals surface area contributed by atoms with E-state index in [0.29, 0.717) is 42.3 Å². The summed E-state index contributed by atoms with van der Waals surface area (Å²) in [5.41, 5.74) is 2.17. The van der Waals surface area contributed by atoms with Gasteiger partial charge in [-0.3, -0.25) is 14.9 Å². The SMILES string of the molecule is CON=C(C)[C@@H]1CC[C@H](c2cc(NC(=O)OC(C)(C)C)n3ncc(-c4cnn(C)c4)c3n2)CN1C(=O)OC(C)(C)C. The van der Waals surface area contributed by atoms with Crippen molar-refractivity contribution < 1.29 is 23.9 Å². The zero-order valence-electron chi connectivity index (χ0n) is 25.3. The minimum atomic E-state index is -0.683. The van der Waals surface area contributed by atoms with Crippen LogP contribution >= 0.6 is 0 Å². The number of aryl methyl sites for hydroxylation is 1. The Morgan fingerprint density at radius 3 is 2.37 bits per heavy atom. The molecule has 0 saturated carbocycles. The summed E-state index contributed by atoms with van der Waals surface area (Å²) in [5, 5.41) is 15.7. The van der Waals surface area contributed by atoms with Gasteiger partial charge >= 0.3 is 12.2 Å². The highest BCUT2D eigenvalue weighted by Gasteiger charge is 2.37. The number of rotatable bonds is 5. The highest BCUT2D eigenvalue weighted by atomic mass is 16.6. The number of aromatic nitrogens is 5. The van der Waals surface area contributed by atoms with Crippen molar-refractivity contribution in [1.82, 2.24) is 29.3 Å². The van der Waals surface area contributed by atoms with Gasteiger partial charge in [0.25, 0.3) is 0 Å². The van der Waals surface area contributed by atoms with Crippen molar-refractivity contribution in [3.8, 4) is 11.1 Å². The summed E-state index contributed by atoms with van der Waals surface area (Å²) in [6.07, 6.45) is 5.59. The number of hydrogen-bond acceptors (Lipinski definition) is 9. The lowest BCUT2D eigenvalue weighted by molar-refractivity contribution is 0.0141. The van der Waals surface area contributed by atoms with Crippen LogP contribution in [0, 0.1) is 0 Å². The highest BCUT2D eigenvalue weighted by Crippen LogP contribution is 2.34. The monoisotopic (exact) mass is 568 g/mol. The fourth-order valence-electron chi connectivity index (χ4n) is 4.83. The van der Waals surface area contributed by atoms with Gasteiger partial charge in [-0.05, 0) is 61.3 Å². The summed E-state index contributed by atoms with van der Waals surface area (Å²) < 4.78 is 14.5. The van der Waals surface area contributed by atoms with Gasteiger partial charge in [0.05, 0.1) is 29.8 Å². The smallest absolute Gasteiger partial charge is 0.413 e. The van der Waals surface area contributed by atoms with Gasteiger partial charge in [-0.25, -0.2) is 14.6 Å². The quantitative estimate of drug-likeness (QED) is 0.336. The predicted octanol–water partition coefficient (Wildman–Crippen LogP) is 4.98. The summed E-state index contributed by atoms with van der Waals surface area (Å²) in [6.45, 7) is 13.1. The second kappa shape index (κ2) is 11.4. The maximum atomic E-state index is 13.4. The lowest BCUT2D eigenvalue weighted by atomic mass is 9.88. The van der Waals surface area contributed by atoms with E-state index in [2.05, 4.69) is 20.7 Å². The molecule has 41 heavy (non-hydrogen) atoms. The summed E-state index contributed by atoms with van der Waals surface area (Å²) in [5.74, 6) is 0.243. The number of carbonyl (C=O) groups excluding carboxylic acids is 2. The number of anilines is 1. The minimum Gasteiger partial charge on any atom is -0.444 e. The molecule has 0 aromatic carbocycles. The van der Waals surface area contributed by atoms with Crippen LogP contribution in [-0.2, 0) is 21.4 Å². The highest BCUT2D eigenvalue weighted by molar-refractivity contribution is 5.90. The second-order valence-corrected chi connectivity index (χ2v) is 12.2. The molecular formula is C28H40N8O5. The van der Waals surface area contributed by atoms with Crippen LogP contribution < -0.4 is 5.32 Å². The molecule has 1 aliphatic heterocycles. The average molecular weight is 569 g/mol. The summed E-state index contributed by atoms with van der Waals surface area (Å²) >= 11 is 0. The van der Waals surface area contributed by atoms with Crippen LogP contribution in [0.1, 0.15) is 72.9 Å². The molecular weight excluding hydrogens is 528 g/mol. The van der Waals surface area contributed by atoms with E-state index in [1.807, 2.05) is 40.9 Å². The first-order valence-electron chi connectivity index (χ1n) is 13.6. The number of nitrogens with zero attached hydrogens (tertiary/aromatic N) is 7. The van der Waals surface area contributed by atoms with Crippen molar-refractivity contribution in [1.29, 1.82) is 0 Å². The molecule has 4 rings (SSSR count). The Kier molecular flexibility index (Phi) is 8.27. The van der Waals surface area contributed by atoms with Crippen molar-refractivity contribution in [2.24, 2.45) is 12.2 Å². The topological polar surface area (TPSA) is 137 Å². The standard InChI is InChI=1S/C28H40N8O5/c1-17(33-39-9)22-11-10-18(16-35(22)26(38)41-28(5,6)7)21-12-23(32-25(37)40-27(2,3)4)36-24(31-21)20(14-30-36)19-13-29-34(8)15-19/h12-15,18,22H,10-11,16H2,1-9H3,(H,32,37)/t18-,22-/m0/s1. The Bertz CT molecular complexity index is 1450. The van der Waals surface area contributed by atoms with Gasteiger partial charge in [-0.15, -0.1) is 0 Å². The van der Waals surface area contributed by atoms with Gasteiger partial charge in [-0.2, -0.15) is 14.7 Å². The third-order valence-corrected chi connectivity index (χ3v) is 6.48. The van der Waals surface area contributed by atoms with Gasteiger partial charge in [-0.1, -0.05) is 5.16 Å². The van der Waals surface area contributed by atoms with Crippen LogP contribution in [0.3, 0.4) is 0 Å². The van der Waals surface area contributed by atoms with Crippen LogP contribution in [0.5, 0.6) is 0 Å². The Balaban J connectivity index is 1.76. The first-order chi connectivity index (χ1) is 19.1. The molecule has 0 bridgehead atoms. The third-order valence-electron chi connectivity index (χ3n) is 6.48. The molecule has 13 heteroatoms. The molecule has 3 aromatic rings. The molecule has 222 valence electrons. The number of amides is 2. The maximum Gasteiger partial charge on any atom is 0.413 e. The average Bonchev–Trinajstić information content (AvgIpc) is 3.47. The molecule has 0 unspecified atom stereocenters. The number of oxime groups is 1. The number of nitrogens with one attached hydrogen (secondary N) is 1. The number of hydrogen-bond donors (Lipinski definition) is 1. The molecule has 1 aliphatic rings. The van der Waals surface area contributed by atoms with Crippen molar-refractivity contribution >= 4 is 29.4 Å². The fraction of sp³-hybridized carbons (Fsp3) is 0.571. The number of fused-ring (bicyclic) bond motifs is 1. The summed E-state index contributed by atoms with van der Waals surface area (Å²) in [7, 11) is 3.32. The maximum absolute atomic E-state index is 13.4. The zero-order valence-corrected chi connectivity index (χ0v) is 25.3. The van der Waals surface area contributed by atoms with Crippen LogP contribution in [0.2, 0.25) is 0 Å². The van der Waals surface area contributed by atoms with E-state index in [0.717, 1.165) is 11.1 Å². The Hall–Kier alpha value is -4.16. The van der Waals surface area contributed by atoms with Gasteiger partial charge in [0.15, 0.2) is 5.65 Å². The van der Waals surface area contributed by atoms with Crippen molar-refractivity contribution in [2.75, 3.05) is 19.0 Å². The summed E-state index contributed by atoms with van der Waals surface area (Å²) in [4.78, 5) is 37.8. The zero-order chi connectivity index (χ0) is 30.1. The fourth-order valence-corrected chi connectivity index (χ4v) is 4.83. The van der Waals surface area contributed by atoms with E-state index in [1.165, 1.54) is 7.11 Å². The lowest BCUT2D eigenvalue weighted by Gasteiger charge is -2.39. The molecule has 0 radical (unpaired) electrons. The van der Waals surface area contributed by atoms with Gasteiger partial charge in [0.1, 0.15) is 24.1 Å². The Labute approximate surface area is 239 Å². The number of carbonyl (C=O) groups is 2. The second-order valence-electron chi connectivity index (χ2n) is 12.2. The molecule has 0 aliphatic carbocycles. The lowest BCUT2D eigenvalue weighted by Crippen LogP contribution is -2.51. The van der Waals surface area contributed by atoms with Crippen LogP contribution in [0.4, 0.5) is 15.4 Å². The normalized spacial score (nSPS) is 18.4. The van der Waals surface area contributed by atoms with E-state index >= 15 is 0 Å². The van der Waals surface area contributed by atoms with E-state index in [1.54, 1.807) is 53.3 Å². The van der Waals surface area contributed by atoms with Crippen LogP contribution in [0.15, 0.2) is 29.8 Å². The number of likely N-dealkylation sites (tertiary alicyclic amines) is 1. The summed E-state index contributed by atoms with van der Waals surface area (Å²) in [6, 6.07) is 1.50. The van der Waals surface area contributed by atoms with Gasteiger partial charge in [0, 0.05) is 42.9 Å². The number of ether oxygens (including phenoxy) is 2. The largest absolute Gasteiger partial charge is 0.444 e. The Morgan fingerprint density at radius 2 is 1.76 bits per heavy atom. The van der Waals surface area contributed by atoms with E-state index in [9.17, 15) is 9.59 Å². The minimum absolute atomic E-state index is 0.157. The Morgan fingerprint density at radius 1 is 1.05 bits per heavy atom. The van der Waals surface area contributed by atoms with E-state index < -0.39 is 23.4 Å². The molecule has 1 N–H and O–H groups in total. The van der Waals surface area contributed by atoms with Crippen molar-refractivity contribution in [2.45, 2.75) is 84.5 Å². The molecule has 1 fully saturated rings. The predicted molar refractivity (Wildman–Crippen MR) is 154 cm³/mol. The van der Waals surface area contributed by atoms with Gasteiger partial charge in [0.2, 0.25) is 0 Å². The van der Waals surface area contributed by atoms with Gasteiger partial charge < -0.3 is 14.3 Å². The molecule has 13 nitrogen and oxygen atoms in total. The van der Waals surface area contributed by atoms with Crippen molar-refractivity contribution in [3.63, 3.8) is 0 Å². The van der Waals surface area contributed by atoms with Crippen LogP contribution in [0.25, 0.3) is 16.8 Å². The molecule has 2 amide bonds. The van der Waals surface area contributed by atoms with Crippen LogP contribution in [-0.4, -0.2) is 78.1 Å². The first kappa shape index (κ1) is 29.8. The molecule has 3 aromatic heterocycles. The van der Waals surface area contributed by atoms with E-state index in [-0.39, 0.29) is 12.0 Å². The van der Waals surface area contributed by atoms with Crippen molar-refractivity contribution in [3.05, 3.63) is 30.4 Å². The molecule has 1 saturated heterocycles.